The summed E-state index contributed by atoms with van der Waals surface area (Å²) >= 11 is 0. The van der Waals surface area contributed by atoms with Gasteiger partial charge in [-0.25, -0.2) is 13.6 Å². The molecule has 1 aliphatic rings. The van der Waals surface area contributed by atoms with E-state index in [1.807, 2.05) is 0 Å². The van der Waals surface area contributed by atoms with Crippen molar-refractivity contribution < 1.29 is 23.1 Å². The third kappa shape index (κ3) is 3.16. The minimum atomic E-state index is -3.61. The number of primary sulfonamides is 1. The number of carboxylic acid groups (broad SMARTS) is 1. The lowest BCUT2D eigenvalue weighted by atomic mass is 10.1. The molecule has 8 heteroatoms. The molecular formula is C9H16N2O5S. The van der Waals surface area contributed by atoms with Gasteiger partial charge in [0, 0.05) is 6.54 Å². The first kappa shape index (κ1) is 13.9. The highest BCUT2D eigenvalue weighted by Gasteiger charge is 2.65. The van der Waals surface area contributed by atoms with Gasteiger partial charge in [0.25, 0.3) is 0 Å². The number of hydrogen-bond acceptors (Lipinski definition) is 4. The zero-order chi connectivity index (χ0) is 13.4. The van der Waals surface area contributed by atoms with E-state index in [0.717, 1.165) is 0 Å². The van der Waals surface area contributed by atoms with Crippen molar-refractivity contribution in [3.63, 3.8) is 0 Å². The Morgan fingerprint density at radius 1 is 1.35 bits per heavy atom. The standard InChI is InChI=1S/C9H16N2O5S/c1-9(2)5(6(9)8(13)14)7(12)11-3-4-17(10,15)16/h5-6H,3-4H2,1-2H3,(H,11,12)(H,13,14)(H2,10,15,16). The van der Waals surface area contributed by atoms with Crippen LogP contribution in [0.5, 0.6) is 0 Å². The van der Waals surface area contributed by atoms with Crippen molar-refractivity contribution in [3.8, 4) is 0 Å². The molecule has 1 rings (SSSR count). The summed E-state index contributed by atoms with van der Waals surface area (Å²) in [6.07, 6.45) is 0. The number of amides is 1. The Balaban J connectivity index is 2.49. The van der Waals surface area contributed by atoms with Crippen molar-refractivity contribution in [1.29, 1.82) is 0 Å². The number of carbonyl (C=O) groups excluding carboxylic acids is 1. The van der Waals surface area contributed by atoms with Gasteiger partial charge in [-0.3, -0.25) is 9.59 Å². The molecule has 0 saturated heterocycles. The van der Waals surface area contributed by atoms with Gasteiger partial charge in [0.05, 0.1) is 17.6 Å². The first-order chi connectivity index (χ1) is 7.57. The number of nitrogens with two attached hydrogens (primary N) is 1. The van der Waals surface area contributed by atoms with Gasteiger partial charge in [-0.15, -0.1) is 0 Å². The Bertz CT molecular complexity index is 442. The summed E-state index contributed by atoms with van der Waals surface area (Å²) in [5.41, 5.74) is -0.586. The Kier molecular flexibility index (Phi) is 3.49. The van der Waals surface area contributed by atoms with Gasteiger partial charge >= 0.3 is 5.97 Å². The summed E-state index contributed by atoms with van der Waals surface area (Å²) in [4.78, 5) is 22.4. The van der Waals surface area contributed by atoms with Gasteiger partial charge in [0.1, 0.15) is 0 Å². The van der Waals surface area contributed by atoms with Crippen molar-refractivity contribution >= 4 is 21.9 Å². The Hall–Kier alpha value is -1.15. The number of sulfonamides is 1. The van der Waals surface area contributed by atoms with Crippen molar-refractivity contribution in [1.82, 2.24) is 5.32 Å². The van der Waals surface area contributed by atoms with E-state index in [-0.39, 0.29) is 12.3 Å². The molecule has 4 N–H and O–H groups in total. The lowest BCUT2D eigenvalue weighted by Crippen LogP contribution is -2.33. The van der Waals surface area contributed by atoms with Crippen LogP contribution in [-0.4, -0.2) is 37.7 Å². The summed E-state index contributed by atoms with van der Waals surface area (Å²) < 4.78 is 21.3. The summed E-state index contributed by atoms with van der Waals surface area (Å²) in [7, 11) is -3.61. The van der Waals surface area contributed by atoms with Gasteiger partial charge in [0.2, 0.25) is 15.9 Å². The first-order valence-electron chi connectivity index (χ1n) is 5.08. The zero-order valence-corrected chi connectivity index (χ0v) is 10.5. The molecule has 0 spiro atoms. The molecule has 1 aliphatic carbocycles. The van der Waals surface area contributed by atoms with Crippen LogP contribution in [0.1, 0.15) is 13.8 Å². The molecule has 0 aromatic rings. The molecule has 0 radical (unpaired) electrons. The van der Waals surface area contributed by atoms with Gasteiger partial charge in [-0.2, -0.15) is 0 Å². The third-order valence-electron chi connectivity index (χ3n) is 3.06. The van der Waals surface area contributed by atoms with E-state index in [4.69, 9.17) is 10.2 Å². The Morgan fingerprint density at radius 2 is 1.88 bits per heavy atom. The molecule has 0 aromatic carbocycles. The molecule has 1 fully saturated rings. The van der Waals surface area contributed by atoms with Gasteiger partial charge in [0.15, 0.2) is 0 Å². The topological polar surface area (TPSA) is 127 Å². The number of carboxylic acids is 1. The number of rotatable bonds is 5. The van der Waals surface area contributed by atoms with Crippen LogP contribution in [0.15, 0.2) is 0 Å². The molecule has 1 amide bonds. The maximum Gasteiger partial charge on any atom is 0.307 e. The van der Waals surface area contributed by atoms with Crippen molar-refractivity contribution in [2.24, 2.45) is 22.4 Å². The number of hydrogen-bond donors (Lipinski definition) is 3. The van der Waals surface area contributed by atoms with Crippen LogP contribution < -0.4 is 10.5 Å². The lowest BCUT2D eigenvalue weighted by Gasteiger charge is -2.04. The minimum Gasteiger partial charge on any atom is -0.481 e. The van der Waals surface area contributed by atoms with Crippen LogP contribution in [0, 0.1) is 17.3 Å². The average Bonchev–Trinajstić information content (AvgIpc) is 2.66. The fourth-order valence-corrected chi connectivity index (χ4v) is 2.40. The predicted octanol–water partition coefficient (Wildman–Crippen LogP) is -1.25. The van der Waals surface area contributed by atoms with Crippen LogP contribution in [0.2, 0.25) is 0 Å². The van der Waals surface area contributed by atoms with E-state index in [0.29, 0.717) is 0 Å². The van der Waals surface area contributed by atoms with Gasteiger partial charge in [-0.1, -0.05) is 13.8 Å². The molecule has 1 saturated carbocycles. The first-order valence-corrected chi connectivity index (χ1v) is 6.80. The normalized spacial score (nSPS) is 26.3. The molecule has 0 aliphatic heterocycles. The van der Waals surface area contributed by atoms with E-state index in [9.17, 15) is 18.0 Å². The predicted molar refractivity (Wildman–Crippen MR) is 59.4 cm³/mol. The molecule has 17 heavy (non-hydrogen) atoms. The van der Waals surface area contributed by atoms with Crippen LogP contribution in [0.25, 0.3) is 0 Å². The van der Waals surface area contributed by atoms with Crippen molar-refractivity contribution in [2.45, 2.75) is 13.8 Å². The summed E-state index contributed by atoms with van der Waals surface area (Å²) in [5.74, 6) is -3.13. The Morgan fingerprint density at radius 3 is 2.24 bits per heavy atom. The largest absolute Gasteiger partial charge is 0.481 e. The lowest BCUT2D eigenvalue weighted by molar-refractivity contribution is -0.140. The molecule has 0 bridgehead atoms. The highest BCUT2D eigenvalue weighted by molar-refractivity contribution is 7.89. The SMILES string of the molecule is CC1(C)C(C(=O)O)C1C(=O)NCCS(N)(=O)=O. The van der Waals surface area contributed by atoms with E-state index in [2.05, 4.69) is 5.32 Å². The maximum absolute atomic E-state index is 11.6. The van der Waals surface area contributed by atoms with E-state index < -0.39 is 39.2 Å². The fourth-order valence-electron chi connectivity index (χ4n) is 2.01. The smallest absolute Gasteiger partial charge is 0.307 e. The van der Waals surface area contributed by atoms with E-state index >= 15 is 0 Å². The van der Waals surface area contributed by atoms with Gasteiger partial charge < -0.3 is 10.4 Å². The van der Waals surface area contributed by atoms with Crippen LogP contribution >= 0.6 is 0 Å². The second-order valence-corrected chi connectivity index (χ2v) is 6.51. The fraction of sp³-hybridized carbons (Fsp3) is 0.778. The minimum absolute atomic E-state index is 0.101. The number of aliphatic carboxylic acids is 1. The second kappa shape index (κ2) is 4.26. The molecule has 7 nitrogen and oxygen atoms in total. The zero-order valence-electron chi connectivity index (χ0n) is 9.63. The summed E-state index contributed by atoms with van der Waals surface area (Å²) in [6, 6.07) is 0. The highest BCUT2D eigenvalue weighted by atomic mass is 32.2. The maximum atomic E-state index is 11.6. The average molecular weight is 264 g/mol. The summed E-state index contributed by atoms with van der Waals surface area (Å²) in [6.45, 7) is 3.28. The number of carbonyl (C=O) groups is 2. The third-order valence-corrected chi connectivity index (χ3v) is 3.83. The Labute approximate surface area is 99.4 Å². The van der Waals surface area contributed by atoms with Crippen LogP contribution in [0.4, 0.5) is 0 Å². The van der Waals surface area contributed by atoms with Crippen molar-refractivity contribution in [2.75, 3.05) is 12.3 Å². The van der Waals surface area contributed by atoms with Gasteiger partial charge in [-0.05, 0) is 5.41 Å². The van der Waals surface area contributed by atoms with Crippen LogP contribution in [-0.2, 0) is 19.6 Å². The quantitative estimate of drug-likeness (QED) is 0.571. The molecule has 2 unspecified atom stereocenters. The second-order valence-electron chi connectivity index (χ2n) is 4.77. The summed E-state index contributed by atoms with van der Waals surface area (Å²) in [5, 5.41) is 16.0. The van der Waals surface area contributed by atoms with E-state index in [1.165, 1.54) is 0 Å². The number of nitrogens with one attached hydrogen (secondary N) is 1. The molecule has 0 aromatic heterocycles. The molecular weight excluding hydrogens is 248 g/mol. The monoisotopic (exact) mass is 264 g/mol. The van der Waals surface area contributed by atoms with Crippen LogP contribution in [0.3, 0.4) is 0 Å². The van der Waals surface area contributed by atoms with Crippen molar-refractivity contribution in [3.05, 3.63) is 0 Å². The highest BCUT2D eigenvalue weighted by Crippen LogP contribution is 2.58. The molecule has 0 heterocycles. The molecule has 98 valence electrons. The van der Waals surface area contributed by atoms with E-state index in [1.54, 1.807) is 13.8 Å². The molecule has 2 atom stereocenters.